The molecule has 0 radical (unpaired) electrons. The van der Waals surface area contributed by atoms with Gasteiger partial charge in [-0.2, -0.15) is 0 Å². The lowest BCUT2D eigenvalue weighted by molar-refractivity contribution is 0.0173. The number of terminal acetylenes is 1. The molecule has 0 spiro atoms. The molecule has 1 amide bonds. The Hall–Kier alpha value is -1.17. The normalized spacial score (nSPS) is 19.6. The van der Waals surface area contributed by atoms with Crippen molar-refractivity contribution in [2.45, 2.75) is 46.1 Å². The molecule has 96 valence electrons. The van der Waals surface area contributed by atoms with E-state index in [0.717, 1.165) is 25.9 Å². The van der Waals surface area contributed by atoms with Gasteiger partial charge in [0.15, 0.2) is 0 Å². The maximum Gasteiger partial charge on any atom is 0.410 e. The predicted molar refractivity (Wildman–Crippen MR) is 68.5 cm³/mol. The SMILES string of the molecule is C#CC(C)C1CCN(C(=O)OC(C)(C)C)CC1. The minimum Gasteiger partial charge on any atom is -0.444 e. The Morgan fingerprint density at radius 2 is 1.94 bits per heavy atom. The first-order valence-corrected chi connectivity index (χ1v) is 6.27. The third-order valence-corrected chi connectivity index (χ3v) is 3.16. The molecular formula is C14H23NO2. The number of piperidine rings is 1. The maximum atomic E-state index is 11.8. The van der Waals surface area contributed by atoms with Crippen LogP contribution in [0.5, 0.6) is 0 Å². The molecule has 0 aliphatic carbocycles. The van der Waals surface area contributed by atoms with Gasteiger partial charge in [-0.05, 0) is 39.5 Å². The van der Waals surface area contributed by atoms with Gasteiger partial charge in [0.1, 0.15) is 5.60 Å². The Labute approximate surface area is 105 Å². The van der Waals surface area contributed by atoms with Crippen LogP contribution in [0.3, 0.4) is 0 Å². The molecule has 1 fully saturated rings. The summed E-state index contributed by atoms with van der Waals surface area (Å²) >= 11 is 0. The Kier molecular flexibility index (Phi) is 4.45. The van der Waals surface area contributed by atoms with Crippen molar-refractivity contribution in [3.63, 3.8) is 0 Å². The zero-order chi connectivity index (χ0) is 13.1. The topological polar surface area (TPSA) is 29.5 Å². The van der Waals surface area contributed by atoms with Crippen LogP contribution in [0.15, 0.2) is 0 Å². The number of likely N-dealkylation sites (tertiary alicyclic amines) is 1. The monoisotopic (exact) mass is 237 g/mol. The maximum absolute atomic E-state index is 11.8. The smallest absolute Gasteiger partial charge is 0.410 e. The minimum absolute atomic E-state index is 0.204. The van der Waals surface area contributed by atoms with E-state index in [1.165, 1.54) is 0 Å². The summed E-state index contributed by atoms with van der Waals surface area (Å²) in [7, 11) is 0. The van der Waals surface area contributed by atoms with Crippen LogP contribution in [-0.4, -0.2) is 29.7 Å². The molecule has 3 heteroatoms. The van der Waals surface area contributed by atoms with E-state index in [9.17, 15) is 4.79 Å². The summed E-state index contributed by atoms with van der Waals surface area (Å²) in [5, 5.41) is 0. The van der Waals surface area contributed by atoms with Gasteiger partial charge in [0.2, 0.25) is 0 Å². The number of amides is 1. The predicted octanol–water partition coefficient (Wildman–Crippen LogP) is 2.90. The van der Waals surface area contributed by atoms with Crippen molar-refractivity contribution in [1.29, 1.82) is 0 Å². The van der Waals surface area contributed by atoms with Gasteiger partial charge in [0.05, 0.1) is 0 Å². The highest BCUT2D eigenvalue weighted by Crippen LogP contribution is 2.25. The van der Waals surface area contributed by atoms with Crippen molar-refractivity contribution in [3.8, 4) is 12.3 Å². The van der Waals surface area contributed by atoms with Gasteiger partial charge in [-0.25, -0.2) is 4.79 Å². The molecule has 1 heterocycles. The van der Waals surface area contributed by atoms with Crippen molar-refractivity contribution in [3.05, 3.63) is 0 Å². The highest BCUT2D eigenvalue weighted by atomic mass is 16.6. The van der Waals surface area contributed by atoms with E-state index in [1.807, 2.05) is 20.8 Å². The Balaban J connectivity index is 2.42. The van der Waals surface area contributed by atoms with Gasteiger partial charge in [-0.15, -0.1) is 12.3 Å². The first kappa shape index (κ1) is 13.9. The lowest BCUT2D eigenvalue weighted by atomic mass is 9.86. The van der Waals surface area contributed by atoms with E-state index in [4.69, 9.17) is 11.2 Å². The molecule has 1 aliphatic rings. The van der Waals surface area contributed by atoms with Crippen molar-refractivity contribution in [1.82, 2.24) is 4.90 Å². The number of carbonyl (C=O) groups is 1. The Bertz CT molecular complexity index is 303. The van der Waals surface area contributed by atoms with Gasteiger partial charge < -0.3 is 9.64 Å². The molecule has 0 N–H and O–H groups in total. The largest absolute Gasteiger partial charge is 0.444 e. The molecule has 0 aromatic rings. The van der Waals surface area contributed by atoms with Crippen molar-refractivity contribution < 1.29 is 9.53 Å². The summed E-state index contributed by atoms with van der Waals surface area (Å²) in [6, 6.07) is 0. The number of carbonyl (C=O) groups excluding carboxylic acids is 1. The average molecular weight is 237 g/mol. The summed E-state index contributed by atoms with van der Waals surface area (Å²) in [6.45, 7) is 9.25. The van der Waals surface area contributed by atoms with Crippen LogP contribution in [0, 0.1) is 24.2 Å². The van der Waals surface area contributed by atoms with Crippen LogP contribution in [0.4, 0.5) is 4.79 Å². The zero-order valence-corrected chi connectivity index (χ0v) is 11.3. The average Bonchev–Trinajstić information content (AvgIpc) is 2.26. The minimum atomic E-state index is -0.417. The number of ether oxygens (including phenoxy) is 1. The fourth-order valence-electron chi connectivity index (χ4n) is 2.04. The van der Waals surface area contributed by atoms with Crippen LogP contribution in [0.25, 0.3) is 0 Å². The number of rotatable bonds is 1. The van der Waals surface area contributed by atoms with Gasteiger partial charge in [0.25, 0.3) is 0 Å². The molecule has 1 rings (SSSR count). The highest BCUT2D eigenvalue weighted by Gasteiger charge is 2.28. The second-order valence-corrected chi connectivity index (χ2v) is 5.76. The highest BCUT2D eigenvalue weighted by molar-refractivity contribution is 5.68. The van der Waals surface area contributed by atoms with Crippen molar-refractivity contribution >= 4 is 6.09 Å². The van der Waals surface area contributed by atoms with Crippen LogP contribution in [0.1, 0.15) is 40.5 Å². The third-order valence-electron chi connectivity index (χ3n) is 3.16. The summed E-state index contributed by atoms with van der Waals surface area (Å²) in [4.78, 5) is 13.6. The lowest BCUT2D eigenvalue weighted by Crippen LogP contribution is -2.42. The molecule has 1 aliphatic heterocycles. The molecule has 0 aromatic carbocycles. The van der Waals surface area contributed by atoms with E-state index in [-0.39, 0.29) is 6.09 Å². The summed E-state index contributed by atoms with van der Waals surface area (Å²) in [5.74, 6) is 3.62. The number of hydrogen-bond donors (Lipinski definition) is 0. The molecule has 1 unspecified atom stereocenters. The first-order chi connectivity index (χ1) is 7.83. The molecular weight excluding hydrogens is 214 g/mol. The van der Waals surface area contributed by atoms with E-state index in [0.29, 0.717) is 11.8 Å². The quantitative estimate of drug-likeness (QED) is 0.656. The summed E-state index contributed by atoms with van der Waals surface area (Å²) < 4.78 is 5.35. The molecule has 1 atom stereocenters. The standard InChI is InChI=1S/C14H23NO2/c1-6-11(2)12-7-9-15(10-8-12)13(16)17-14(3,4)5/h1,11-12H,7-10H2,2-5H3. The van der Waals surface area contributed by atoms with Gasteiger partial charge in [-0.1, -0.05) is 6.92 Å². The first-order valence-electron chi connectivity index (χ1n) is 6.27. The second kappa shape index (κ2) is 5.44. The van der Waals surface area contributed by atoms with Gasteiger partial charge >= 0.3 is 6.09 Å². The number of nitrogens with zero attached hydrogens (tertiary/aromatic N) is 1. The van der Waals surface area contributed by atoms with Gasteiger partial charge in [-0.3, -0.25) is 0 Å². The summed E-state index contributed by atoms with van der Waals surface area (Å²) in [5.41, 5.74) is -0.417. The molecule has 17 heavy (non-hydrogen) atoms. The second-order valence-electron chi connectivity index (χ2n) is 5.76. The van der Waals surface area contributed by atoms with Crippen molar-refractivity contribution in [2.75, 3.05) is 13.1 Å². The van der Waals surface area contributed by atoms with Crippen molar-refractivity contribution in [2.24, 2.45) is 11.8 Å². The third kappa shape index (κ3) is 4.30. The van der Waals surface area contributed by atoms with E-state index in [2.05, 4.69) is 12.8 Å². The van der Waals surface area contributed by atoms with Crippen LogP contribution < -0.4 is 0 Å². The van der Waals surface area contributed by atoms with Crippen LogP contribution >= 0.6 is 0 Å². The zero-order valence-electron chi connectivity index (χ0n) is 11.3. The van der Waals surface area contributed by atoms with E-state index < -0.39 is 5.60 Å². The number of hydrogen-bond acceptors (Lipinski definition) is 2. The molecule has 1 saturated heterocycles. The van der Waals surface area contributed by atoms with E-state index >= 15 is 0 Å². The Morgan fingerprint density at radius 1 is 1.41 bits per heavy atom. The van der Waals surface area contributed by atoms with Crippen LogP contribution in [0.2, 0.25) is 0 Å². The van der Waals surface area contributed by atoms with E-state index in [1.54, 1.807) is 4.90 Å². The lowest BCUT2D eigenvalue weighted by Gasteiger charge is -2.34. The molecule has 3 nitrogen and oxygen atoms in total. The summed E-state index contributed by atoms with van der Waals surface area (Å²) in [6.07, 6.45) is 7.17. The molecule has 0 bridgehead atoms. The fraction of sp³-hybridized carbons (Fsp3) is 0.786. The Morgan fingerprint density at radius 3 is 2.35 bits per heavy atom. The molecule has 0 saturated carbocycles. The van der Waals surface area contributed by atoms with Gasteiger partial charge in [0, 0.05) is 19.0 Å². The molecule has 0 aromatic heterocycles. The fourth-order valence-corrected chi connectivity index (χ4v) is 2.04. The van der Waals surface area contributed by atoms with Crippen LogP contribution in [-0.2, 0) is 4.74 Å².